The van der Waals surface area contributed by atoms with Gasteiger partial charge in [-0.25, -0.2) is 0 Å². The minimum atomic E-state index is 0.0497. The van der Waals surface area contributed by atoms with E-state index in [9.17, 15) is 4.79 Å². The number of piperidine rings is 1. The van der Waals surface area contributed by atoms with Crippen molar-refractivity contribution >= 4 is 5.91 Å². The van der Waals surface area contributed by atoms with E-state index < -0.39 is 0 Å². The third kappa shape index (κ3) is 2.22. The average molecular weight is 238 g/mol. The lowest BCUT2D eigenvalue weighted by Crippen LogP contribution is -2.47. The number of hydrogen-bond donors (Lipinski definition) is 2. The lowest BCUT2D eigenvalue weighted by Gasteiger charge is -2.22. The second-order valence-electron chi connectivity index (χ2n) is 6.74. The molecule has 0 aromatic carbocycles. The largest absolute Gasteiger partial charge is 0.354 e. The van der Waals surface area contributed by atoms with Crippen LogP contribution in [0.5, 0.6) is 0 Å². The van der Waals surface area contributed by atoms with Crippen molar-refractivity contribution in [2.24, 2.45) is 16.7 Å². The SMILES string of the molecule is CC1(C)C(CNC(=O)[C@@H]2CCCCN2)C1(C)C. The molecule has 0 spiro atoms. The van der Waals surface area contributed by atoms with E-state index in [2.05, 4.69) is 38.3 Å². The van der Waals surface area contributed by atoms with Gasteiger partial charge < -0.3 is 10.6 Å². The zero-order valence-electron chi connectivity index (χ0n) is 11.6. The van der Waals surface area contributed by atoms with Crippen LogP contribution in [0.3, 0.4) is 0 Å². The quantitative estimate of drug-likeness (QED) is 0.789. The Morgan fingerprint density at radius 1 is 1.24 bits per heavy atom. The zero-order chi connectivity index (χ0) is 12.7. The molecular weight excluding hydrogens is 212 g/mol. The molecule has 1 aliphatic heterocycles. The fourth-order valence-electron chi connectivity index (χ4n) is 3.24. The highest BCUT2D eigenvalue weighted by Crippen LogP contribution is 2.67. The normalized spacial score (nSPS) is 30.9. The van der Waals surface area contributed by atoms with Crippen molar-refractivity contribution in [3.63, 3.8) is 0 Å². The van der Waals surface area contributed by atoms with Crippen molar-refractivity contribution in [2.45, 2.75) is 53.0 Å². The van der Waals surface area contributed by atoms with Gasteiger partial charge in [-0.15, -0.1) is 0 Å². The van der Waals surface area contributed by atoms with Crippen molar-refractivity contribution in [1.82, 2.24) is 10.6 Å². The van der Waals surface area contributed by atoms with Crippen LogP contribution in [-0.2, 0) is 4.79 Å². The summed E-state index contributed by atoms with van der Waals surface area (Å²) in [7, 11) is 0. The molecule has 3 nitrogen and oxygen atoms in total. The van der Waals surface area contributed by atoms with Gasteiger partial charge in [0.25, 0.3) is 0 Å². The molecule has 2 aliphatic rings. The van der Waals surface area contributed by atoms with Crippen molar-refractivity contribution in [1.29, 1.82) is 0 Å². The highest BCUT2D eigenvalue weighted by atomic mass is 16.2. The lowest BCUT2D eigenvalue weighted by atomic mass is 10.0. The van der Waals surface area contributed by atoms with Crippen LogP contribution in [0.25, 0.3) is 0 Å². The third-order valence-corrected chi connectivity index (χ3v) is 5.43. The Hall–Kier alpha value is -0.570. The van der Waals surface area contributed by atoms with Crippen LogP contribution in [0.4, 0.5) is 0 Å². The van der Waals surface area contributed by atoms with E-state index in [1.165, 1.54) is 12.8 Å². The first-order chi connectivity index (χ1) is 7.87. The summed E-state index contributed by atoms with van der Waals surface area (Å²) in [6, 6.07) is 0.0497. The van der Waals surface area contributed by atoms with E-state index in [4.69, 9.17) is 0 Å². The Kier molecular flexibility index (Phi) is 3.23. The molecule has 1 amide bonds. The van der Waals surface area contributed by atoms with Crippen LogP contribution >= 0.6 is 0 Å². The minimum Gasteiger partial charge on any atom is -0.354 e. The second kappa shape index (κ2) is 4.27. The molecular formula is C14H26N2O. The fourth-order valence-corrected chi connectivity index (χ4v) is 3.24. The van der Waals surface area contributed by atoms with E-state index in [-0.39, 0.29) is 11.9 Å². The van der Waals surface area contributed by atoms with Gasteiger partial charge in [0.2, 0.25) is 5.91 Å². The van der Waals surface area contributed by atoms with E-state index >= 15 is 0 Å². The average Bonchev–Trinajstić information content (AvgIpc) is 2.68. The molecule has 2 fully saturated rings. The van der Waals surface area contributed by atoms with Crippen LogP contribution in [0.2, 0.25) is 0 Å². The number of carbonyl (C=O) groups is 1. The maximum Gasteiger partial charge on any atom is 0.237 e. The first-order valence-corrected chi connectivity index (χ1v) is 6.88. The van der Waals surface area contributed by atoms with Gasteiger partial charge in [-0.1, -0.05) is 34.1 Å². The maximum absolute atomic E-state index is 12.0. The summed E-state index contributed by atoms with van der Waals surface area (Å²) in [6.07, 6.45) is 3.36. The van der Waals surface area contributed by atoms with E-state index in [0.717, 1.165) is 19.5 Å². The summed E-state index contributed by atoms with van der Waals surface area (Å²) in [5, 5.41) is 6.42. The van der Waals surface area contributed by atoms with Crippen LogP contribution in [0, 0.1) is 16.7 Å². The van der Waals surface area contributed by atoms with Crippen molar-refractivity contribution in [3.05, 3.63) is 0 Å². The van der Waals surface area contributed by atoms with Crippen LogP contribution in [0.1, 0.15) is 47.0 Å². The van der Waals surface area contributed by atoms with Crippen molar-refractivity contribution < 1.29 is 4.79 Å². The predicted octanol–water partition coefficient (Wildman–Crippen LogP) is 1.93. The predicted molar refractivity (Wildman–Crippen MR) is 69.7 cm³/mol. The van der Waals surface area contributed by atoms with Crippen LogP contribution < -0.4 is 10.6 Å². The molecule has 0 aromatic heterocycles. The number of hydrogen-bond acceptors (Lipinski definition) is 2. The Morgan fingerprint density at radius 2 is 1.88 bits per heavy atom. The van der Waals surface area contributed by atoms with E-state index in [1.807, 2.05) is 0 Å². The number of rotatable bonds is 3. The molecule has 0 unspecified atom stereocenters. The van der Waals surface area contributed by atoms with Gasteiger partial charge in [-0.3, -0.25) is 4.79 Å². The fraction of sp³-hybridized carbons (Fsp3) is 0.929. The molecule has 1 atom stereocenters. The molecule has 1 heterocycles. The van der Waals surface area contributed by atoms with Gasteiger partial charge in [-0.2, -0.15) is 0 Å². The molecule has 0 radical (unpaired) electrons. The molecule has 2 N–H and O–H groups in total. The van der Waals surface area contributed by atoms with Gasteiger partial charge in [-0.05, 0) is 36.1 Å². The molecule has 17 heavy (non-hydrogen) atoms. The van der Waals surface area contributed by atoms with Crippen LogP contribution in [-0.4, -0.2) is 25.0 Å². The topological polar surface area (TPSA) is 41.1 Å². The van der Waals surface area contributed by atoms with E-state index in [1.54, 1.807) is 0 Å². The lowest BCUT2D eigenvalue weighted by molar-refractivity contribution is -0.123. The number of carbonyl (C=O) groups excluding carboxylic acids is 1. The Morgan fingerprint density at radius 3 is 2.35 bits per heavy atom. The summed E-state index contributed by atoms with van der Waals surface area (Å²) in [5.74, 6) is 0.811. The van der Waals surface area contributed by atoms with Crippen LogP contribution in [0.15, 0.2) is 0 Å². The van der Waals surface area contributed by atoms with E-state index in [0.29, 0.717) is 16.7 Å². The molecule has 1 saturated carbocycles. The van der Waals surface area contributed by atoms with Gasteiger partial charge in [0.05, 0.1) is 6.04 Å². The van der Waals surface area contributed by atoms with Gasteiger partial charge in [0, 0.05) is 6.54 Å². The van der Waals surface area contributed by atoms with Gasteiger partial charge in [0.15, 0.2) is 0 Å². The maximum atomic E-state index is 12.0. The summed E-state index contributed by atoms with van der Waals surface area (Å²) >= 11 is 0. The standard InChI is InChI=1S/C14H26N2O/c1-13(2)11(14(13,3)4)9-16-12(17)10-7-5-6-8-15-10/h10-11,15H,5-9H2,1-4H3,(H,16,17)/t10-/m0/s1. The van der Waals surface area contributed by atoms with Gasteiger partial charge >= 0.3 is 0 Å². The first-order valence-electron chi connectivity index (χ1n) is 6.88. The molecule has 1 aliphatic carbocycles. The Bertz CT molecular complexity index is 289. The smallest absolute Gasteiger partial charge is 0.237 e. The summed E-state index contributed by atoms with van der Waals surface area (Å²) in [4.78, 5) is 12.0. The minimum absolute atomic E-state index is 0.0497. The summed E-state index contributed by atoms with van der Waals surface area (Å²) in [5.41, 5.74) is 0.723. The first kappa shape index (κ1) is 12.9. The Labute approximate surface area is 105 Å². The van der Waals surface area contributed by atoms with Crippen molar-refractivity contribution in [3.8, 4) is 0 Å². The summed E-state index contributed by atoms with van der Waals surface area (Å²) in [6.45, 7) is 11.0. The summed E-state index contributed by atoms with van der Waals surface area (Å²) < 4.78 is 0. The molecule has 1 saturated heterocycles. The van der Waals surface area contributed by atoms with Crippen molar-refractivity contribution in [2.75, 3.05) is 13.1 Å². The zero-order valence-corrected chi connectivity index (χ0v) is 11.6. The molecule has 98 valence electrons. The molecule has 0 bridgehead atoms. The Balaban J connectivity index is 1.78. The van der Waals surface area contributed by atoms with Gasteiger partial charge in [0.1, 0.15) is 0 Å². The monoisotopic (exact) mass is 238 g/mol. The molecule has 2 rings (SSSR count). The number of nitrogens with one attached hydrogen (secondary N) is 2. The molecule has 3 heteroatoms. The second-order valence-corrected chi connectivity index (χ2v) is 6.74. The molecule has 0 aromatic rings. The highest BCUT2D eigenvalue weighted by molar-refractivity contribution is 5.81. The highest BCUT2D eigenvalue weighted by Gasteiger charge is 2.64. The number of amides is 1. The third-order valence-electron chi connectivity index (χ3n) is 5.43.